The Labute approximate surface area is 217 Å². The maximum Gasteiger partial charge on any atom is 0.261 e. The van der Waals surface area contributed by atoms with Gasteiger partial charge >= 0.3 is 0 Å². The highest BCUT2D eigenvalue weighted by Gasteiger charge is 2.42. The van der Waals surface area contributed by atoms with Crippen molar-refractivity contribution in [2.24, 2.45) is 11.8 Å². The maximum absolute atomic E-state index is 13.2. The first-order valence-electron chi connectivity index (χ1n) is 12.6. The second-order valence-electron chi connectivity index (χ2n) is 10.2. The first kappa shape index (κ1) is 25.4. The Morgan fingerprint density at radius 2 is 1.84 bits per heavy atom. The van der Waals surface area contributed by atoms with Gasteiger partial charge in [0.15, 0.2) is 5.78 Å². The molecule has 0 aliphatic carbocycles. The highest BCUT2D eigenvalue weighted by molar-refractivity contribution is 7.92. The molecule has 0 saturated carbocycles. The van der Waals surface area contributed by atoms with Crippen molar-refractivity contribution in [1.82, 2.24) is 0 Å². The summed E-state index contributed by atoms with van der Waals surface area (Å²) in [6, 6.07) is 19.5. The molecule has 0 radical (unpaired) electrons. The second kappa shape index (κ2) is 9.93. The van der Waals surface area contributed by atoms with Gasteiger partial charge in [-0.05, 0) is 60.9 Å². The van der Waals surface area contributed by atoms with Crippen molar-refractivity contribution in [3.63, 3.8) is 0 Å². The van der Waals surface area contributed by atoms with Crippen LogP contribution in [0.2, 0.25) is 0 Å². The van der Waals surface area contributed by atoms with Crippen LogP contribution in [0.25, 0.3) is 0 Å². The van der Waals surface area contributed by atoms with E-state index in [-0.39, 0.29) is 34.7 Å². The SMILES string of the molecule is CC(C)C(=O)c1cccc(C2Nc3ccc(S(=O)(=O)Nc4cccc(C(C)O)c4)cc3C3OCC[C@@H]23)c1. The number of hydrogen-bond acceptors (Lipinski definition) is 6. The summed E-state index contributed by atoms with van der Waals surface area (Å²) in [7, 11) is -3.86. The number of carbonyl (C=O) groups is 1. The van der Waals surface area contributed by atoms with Crippen molar-refractivity contribution < 1.29 is 23.1 Å². The molecule has 37 heavy (non-hydrogen) atoms. The summed E-state index contributed by atoms with van der Waals surface area (Å²) in [6.45, 7) is 6.01. The zero-order valence-corrected chi connectivity index (χ0v) is 22.0. The topological polar surface area (TPSA) is 105 Å². The van der Waals surface area contributed by atoms with Crippen molar-refractivity contribution in [3.8, 4) is 0 Å². The van der Waals surface area contributed by atoms with E-state index in [1.165, 1.54) is 0 Å². The minimum absolute atomic E-state index is 0.0521. The largest absolute Gasteiger partial charge is 0.389 e. The van der Waals surface area contributed by atoms with E-state index in [2.05, 4.69) is 10.0 Å². The summed E-state index contributed by atoms with van der Waals surface area (Å²) in [5.74, 6) is 0.130. The molecular weight excluding hydrogens is 488 g/mol. The van der Waals surface area contributed by atoms with Crippen LogP contribution in [0.3, 0.4) is 0 Å². The molecule has 194 valence electrons. The summed E-state index contributed by atoms with van der Waals surface area (Å²) in [6.07, 6.45) is -0.127. The van der Waals surface area contributed by atoms with E-state index in [1.807, 2.05) is 38.1 Å². The van der Waals surface area contributed by atoms with Crippen molar-refractivity contribution >= 4 is 27.2 Å². The maximum atomic E-state index is 13.2. The Balaban J connectivity index is 1.45. The van der Waals surface area contributed by atoms with Crippen LogP contribution in [0, 0.1) is 11.8 Å². The normalized spacial score (nSPS) is 21.6. The molecule has 1 saturated heterocycles. The molecule has 3 aromatic carbocycles. The van der Waals surface area contributed by atoms with Crippen LogP contribution in [0.5, 0.6) is 0 Å². The van der Waals surface area contributed by atoms with E-state index in [1.54, 1.807) is 49.4 Å². The van der Waals surface area contributed by atoms with Crippen LogP contribution in [0.1, 0.15) is 72.5 Å². The summed E-state index contributed by atoms with van der Waals surface area (Å²) in [4.78, 5) is 12.7. The number of carbonyl (C=O) groups excluding carboxylic acids is 1. The Morgan fingerprint density at radius 1 is 1.05 bits per heavy atom. The van der Waals surface area contributed by atoms with Gasteiger partial charge in [-0.15, -0.1) is 0 Å². The van der Waals surface area contributed by atoms with Crippen LogP contribution in [0.15, 0.2) is 71.6 Å². The Kier molecular flexibility index (Phi) is 6.83. The number of rotatable bonds is 7. The number of anilines is 2. The van der Waals surface area contributed by atoms with Crippen molar-refractivity contribution in [3.05, 3.63) is 89.0 Å². The van der Waals surface area contributed by atoms with E-state index in [9.17, 15) is 18.3 Å². The lowest BCUT2D eigenvalue weighted by Crippen LogP contribution is -2.29. The quantitative estimate of drug-likeness (QED) is 0.349. The molecule has 3 aromatic rings. The molecule has 2 aliphatic rings. The highest BCUT2D eigenvalue weighted by atomic mass is 32.2. The molecule has 0 amide bonds. The monoisotopic (exact) mass is 520 g/mol. The summed E-state index contributed by atoms with van der Waals surface area (Å²) < 4.78 is 35.2. The van der Waals surface area contributed by atoms with Gasteiger partial charge in [-0.1, -0.05) is 44.2 Å². The Bertz CT molecular complexity index is 1430. The van der Waals surface area contributed by atoms with Crippen LogP contribution in [0.4, 0.5) is 11.4 Å². The van der Waals surface area contributed by atoms with Gasteiger partial charge in [0.05, 0.1) is 23.1 Å². The summed E-state index contributed by atoms with van der Waals surface area (Å²) >= 11 is 0. The highest BCUT2D eigenvalue weighted by Crippen LogP contribution is 2.50. The minimum Gasteiger partial charge on any atom is -0.389 e. The van der Waals surface area contributed by atoms with Crippen molar-refractivity contribution in [2.45, 2.75) is 50.3 Å². The number of nitrogens with one attached hydrogen (secondary N) is 2. The third-order valence-corrected chi connectivity index (χ3v) is 8.57. The minimum atomic E-state index is -3.86. The molecule has 1 fully saturated rings. The molecule has 7 nitrogen and oxygen atoms in total. The van der Waals surface area contributed by atoms with Gasteiger partial charge in [-0.2, -0.15) is 0 Å². The van der Waals surface area contributed by atoms with Crippen LogP contribution in [-0.2, 0) is 14.8 Å². The molecule has 3 unspecified atom stereocenters. The van der Waals surface area contributed by atoms with E-state index in [4.69, 9.17) is 4.74 Å². The Hall–Kier alpha value is -3.20. The van der Waals surface area contributed by atoms with E-state index < -0.39 is 16.1 Å². The molecule has 0 spiro atoms. The van der Waals surface area contributed by atoms with Crippen molar-refractivity contribution in [2.75, 3.05) is 16.6 Å². The fourth-order valence-corrected chi connectivity index (χ4v) is 6.33. The zero-order chi connectivity index (χ0) is 26.3. The number of aliphatic hydroxyl groups is 1. The van der Waals surface area contributed by atoms with Crippen molar-refractivity contribution in [1.29, 1.82) is 0 Å². The average Bonchev–Trinajstić information content (AvgIpc) is 3.38. The fourth-order valence-electron chi connectivity index (χ4n) is 5.24. The lowest BCUT2D eigenvalue weighted by molar-refractivity contribution is 0.0827. The standard InChI is InChI=1S/C29H32N2O5S/c1-17(2)28(33)21-8-4-7-20(14-21)27-24-12-13-36-29(24)25-16-23(10-11-26(25)30-27)37(34,35)31-22-9-5-6-19(15-22)18(3)32/h4-11,14-18,24,27,29-32H,12-13H2,1-3H3/t18?,24-,27?,29?/m0/s1. The van der Waals surface area contributed by atoms with Crippen LogP contribution >= 0.6 is 0 Å². The third kappa shape index (κ3) is 5.01. The van der Waals surface area contributed by atoms with Gasteiger partial charge in [-0.25, -0.2) is 8.42 Å². The predicted octanol–water partition coefficient (Wildman–Crippen LogP) is 5.62. The summed E-state index contributed by atoms with van der Waals surface area (Å²) in [5.41, 5.74) is 4.37. The lowest BCUT2D eigenvalue weighted by Gasteiger charge is -2.37. The van der Waals surface area contributed by atoms with E-state index in [0.29, 0.717) is 23.4 Å². The number of Topliss-reactive ketones (excluding diaryl/α,β-unsaturated/α-hetero) is 1. The molecule has 2 aliphatic heterocycles. The Morgan fingerprint density at radius 3 is 2.59 bits per heavy atom. The number of benzene rings is 3. The third-order valence-electron chi connectivity index (χ3n) is 7.19. The smallest absolute Gasteiger partial charge is 0.261 e. The van der Waals surface area contributed by atoms with Gasteiger partial charge in [-0.3, -0.25) is 9.52 Å². The number of aliphatic hydroxyl groups excluding tert-OH is 1. The molecular formula is C29H32N2O5S. The number of fused-ring (bicyclic) bond motifs is 3. The molecule has 0 aromatic heterocycles. The van der Waals surface area contributed by atoms with Gasteiger partial charge in [0.2, 0.25) is 0 Å². The molecule has 2 heterocycles. The van der Waals surface area contributed by atoms with Gasteiger partial charge in [0.1, 0.15) is 0 Å². The molecule has 4 atom stereocenters. The number of ketones is 1. The molecule has 0 bridgehead atoms. The first-order valence-corrected chi connectivity index (χ1v) is 14.1. The van der Waals surface area contributed by atoms with Gasteiger partial charge in [0, 0.05) is 40.9 Å². The predicted molar refractivity (Wildman–Crippen MR) is 143 cm³/mol. The van der Waals surface area contributed by atoms with Crippen LogP contribution < -0.4 is 10.0 Å². The van der Waals surface area contributed by atoms with E-state index >= 15 is 0 Å². The molecule has 3 N–H and O–H groups in total. The summed E-state index contributed by atoms with van der Waals surface area (Å²) in [5, 5.41) is 13.4. The molecule has 8 heteroatoms. The van der Waals surface area contributed by atoms with Crippen LogP contribution in [-0.4, -0.2) is 25.9 Å². The number of sulfonamides is 1. The van der Waals surface area contributed by atoms with E-state index in [0.717, 1.165) is 23.2 Å². The second-order valence-corrected chi connectivity index (χ2v) is 11.8. The fraction of sp³-hybridized carbons (Fsp3) is 0.345. The van der Waals surface area contributed by atoms with Gasteiger partial charge in [0.25, 0.3) is 10.0 Å². The number of ether oxygens (including phenoxy) is 1. The van der Waals surface area contributed by atoms with Gasteiger partial charge < -0.3 is 15.2 Å². The lowest BCUT2D eigenvalue weighted by atomic mass is 9.80. The first-order chi connectivity index (χ1) is 17.6. The molecule has 5 rings (SSSR count). The average molecular weight is 521 g/mol. The zero-order valence-electron chi connectivity index (χ0n) is 21.1. The number of hydrogen-bond donors (Lipinski definition) is 3.